The number of likely N-dealkylation sites (tertiary alicyclic amines) is 1. The maximum atomic E-state index is 14.4. The van der Waals surface area contributed by atoms with Crippen LogP contribution < -0.4 is 10.1 Å². The molecule has 2 aliphatic rings. The summed E-state index contributed by atoms with van der Waals surface area (Å²) in [7, 11) is 1.60. The van der Waals surface area contributed by atoms with Crippen molar-refractivity contribution in [2.24, 2.45) is 0 Å². The zero-order chi connectivity index (χ0) is 30.6. The van der Waals surface area contributed by atoms with Gasteiger partial charge in [-0.2, -0.15) is 0 Å². The van der Waals surface area contributed by atoms with Crippen LogP contribution in [0.2, 0.25) is 0 Å². The molecule has 43 heavy (non-hydrogen) atoms. The number of halogens is 3. The third-order valence-corrected chi connectivity index (χ3v) is 8.61. The third kappa shape index (κ3) is 6.40. The molecular weight excluding hydrogens is 559 g/mol. The van der Waals surface area contributed by atoms with E-state index in [4.69, 9.17) is 9.47 Å². The van der Waals surface area contributed by atoms with Crippen LogP contribution in [0.5, 0.6) is 5.75 Å². The number of carbonyl (C=O) groups is 2. The molecule has 0 spiro atoms. The summed E-state index contributed by atoms with van der Waals surface area (Å²) in [6, 6.07) is 16.6. The van der Waals surface area contributed by atoms with Gasteiger partial charge in [-0.05, 0) is 87.3 Å². The van der Waals surface area contributed by atoms with Gasteiger partial charge in [0, 0.05) is 17.5 Å². The Morgan fingerprint density at radius 1 is 1.02 bits per heavy atom. The van der Waals surface area contributed by atoms with E-state index in [9.17, 15) is 22.8 Å². The van der Waals surface area contributed by atoms with Crippen LogP contribution in [-0.2, 0) is 14.9 Å². The van der Waals surface area contributed by atoms with Crippen molar-refractivity contribution in [3.63, 3.8) is 0 Å². The number of hydrogen-bond donors (Lipinski definition) is 1. The highest BCUT2D eigenvalue weighted by atomic mass is 19.2. The average molecular weight is 596 g/mol. The van der Waals surface area contributed by atoms with Gasteiger partial charge in [0.2, 0.25) is 0 Å². The average Bonchev–Trinajstić information content (AvgIpc) is 3.02. The molecule has 1 N–H and O–H groups in total. The van der Waals surface area contributed by atoms with Crippen LogP contribution >= 0.6 is 0 Å². The lowest BCUT2D eigenvalue weighted by atomic mass is 9.67. The van der Waals surface area contributed by atoms with Gasteiger partial charge in [-0.15, -0.1) is 0 Å². The molecule has 0 aliphatic carbocycles. The van der Waals surface area contributed by atoms with E-state index >= 15 is 0 Å². The molecule has 0 radical (unpaired) electrons. The third-order valence-electron chi connectivity index (χ3n) is 8.61. The first-order chi connectivity index (χ1) is 20.7. The molecule has 0 aromatic heterocycles. The number of ether oxygens (including phenoxy) is 2. The number of urea groups is 1. The Morgan fingerprint density at radius 3 is 2.47 bits per heavy atom. The maximum Gasteiger partial charge on any atom is 0.324 e. The predicted octanol–water partition coefficient (Wildman–Crippen LogP) is 5.58. The molecule has 10 heteroatoms. The zero-order valence-corrected chi connectivity index (χ0v) is 24.3. The van der Waals surface area contributed by atoms with Gasteiger partial charge in [0.05, 0.1) is 19.3 Å². The topological polar surface area (TPSA) is 71.1 Å². The number of morpholine rings is 1. The molecule has 0 bridgehead atoms. The van der Waals surface area contributed by atoms with Gasteiger partial charge in [0.15, 0.2) is 11.6 Å². The highest BCUT2D eigenvalue weighted by Crippen LogP contribution is 2.45. The first kappa shape index (κ1) is 30.6. The van der Waals surface area contributed by atoms with Crippen LogP contribution in [0.25, 0.3) is 0 Å². The molecule has 7 nitrogen and oxygen atoms in total. The van der Waals surface area contributed by atoms with E-state index < -0.39 is 41.1 Å². The molecule has 3 aromatic rings. The van der Waals surface area contributed by atoms with Crippen molar-refractivity contribution in [2.45, 2.75) is 43.7 Å². The molecule has 2 heterocycles. The fraction of sp³-hybridized carbons (Fsp3) is 0.394. The van der Waals surface area contributed by atoms with Gasteiger partial charge in [0.1, 0.15) is 18.2 Å². The number of nitrogens with zero attached hydrogens (tertiary/aromatic N) is 2. The van der Waals surface area contributed by atoms with Gasteiger partial charge in [-0.3, -0.25) is 9.69 Å². The number of amides is 3. The number of rotatable bonds is 8. The summed E-state index contributed by atoms with van der Waals surface area (Å²) in [5.74, 6) is -2.26. The van der Waals surface area contributed by atoms with Crippen molar-refractivity contribution in [3.05, 3.63) is 101 Å². The van der Waals surface area contributed by atoms with E-state index in [1.54, 1.807) is 26.2 Å². The van der Waals surface area contributed by atoms with Gasteiger partial charge < -0.3 is 19.7 Å². The van der Waals surface area contributed by atoms with E-state index in [1.165, 1.54) is 12.1 Å². The standard InChI is InChI=1S/C33H36F3N3O4/c1-22-31(23-9-11-27(35)28(36)19-23)39(30(40)21-43-22)32(41)37-15-6-16-38-17-13-33(14-18-38,24-7-4-3-5-8-24)26-20-25(34)10-12-29(26)42-2/h3-5,7-12,19-20,22,31H,6,13-18,21H2,1-2H3,(H,37,41)/t22-,31+/m0/s1. The predicted molar refractivity (Wildman–Crippen MR) is 155 cm³/mol. The summed E-state index contributed by atoms with van der Waals surface area (Å²) in [4.78, 5) is 29.2. The second kappa shape index (κ2) is 13.2. The molecular formula is C33H36F3N3O4. The summed E-state index contributed by atoms with van der Waals surface area (Å²) in [5, 5.41) is 2.82. The molecule has 2 aliphatic heterocycles. The van der Waals surface area contributed by atoms with Gasteiger partial charge >= 0.3 is 6.03 Å². The lowest BCUT2D eigenvalue weighted by Crippen LogP contribution is -2.54. The second-order valence-corrected chi connectivity index (χ2v) is 11.1. The molecule has 228 valence electrons. The van der Waals surface area contributed by atoms with Crippen LogP contribution in [0.15, 0.2) is 66.7 Å². The summed E-state index contributed by atoms with van der Waals surface area (Å²) in [6.07, 6.45) is 1.57. The fourth-order valence-electron chi connectivity index (χ4n) is 6.35. The summed E-state index contributed by atoms with van der Waals surface area (Å²) in [6.45, 7) is 3.97. The largest absolute Gasteiger partial charge is 0.496 e. The van der Waals surface area contributed by atoms with Crippen molar-refractivity contribution < 1.29 is 32.2 Å². The van der Waals surface area contributed by atoms with Crippen LogP contribution in [0.3, 0.4) is 0 Å². The Balaban J connectivity index is 1.21. The van der Waals surface area contributed by atoms with Crippen molar-refractivity contribution in [1.82, 2.24) is 15.1 Å². The first-order valence-electron chi connectivity index (χ1n) is 14.5. The Morgan fingerprint density at radius 2 is 1.77 bits per heavy atom. The number of nitrogens with one attached hydrogen (secondary N) is 1. The minimum absolute atomic E-state index is 0.276. The normalized spacial score (nSPS) is 20.6. The Bertz CT molecular complexity index is 1450. The van der Waals surface area contributed by atoms with Crippen LogP contribution in [0.1, 0.15) is 48.9 Å². The van der Waals surface area contributed by atoms with Crippen molar-refractivity contribution >= 4 is 11.9 Å². The molecule has 2 fully saturated rings. The summed E-state index contributed by atoms with van der Waals surface area (Å²) < 4.78 is 53.1. The van der Waals surface area contributed by atoms with E-state index in [0.29, 0.717) is 25.3 Å². The summed E-state index contributed by atoms with van der Waals surface area (Å²) in [5.41, 5.74) is 1.83. The van der Waals surface area contributed by atoms with Gasteiger partial charge in [-0.1, -0.05) is 36.4 Å². The molecule has 3 aromatic carbocycles. The Kier molecular flexibility index (Phi) is 9.37. The van der Waals surface area contributed by atoms with Crippen molar-refractivity contribution in [1.29, 1.82) is 0 Å². The molecule has 2 saturated heterocycles. The lowest BCUT2D eigenvalue weighted by molar-refractivity contribution is -0.150. The van der Waals surface area contributed by atoms with Crippen LogP contribution in [-0.4, -0.2) is 67.7 Å². The number of piperidine rings is 1. The number of methoxy groups -OCH3 is 1. The van der Waals surface area contributed by atoms with Crippen LogP contribution in [0.4, 0.5) is 18.0 Å². The number of hydrogen-bond acceptors (Lipinski definition) is 5. The van der Waals surface area contributed by atoms with Gasteiger partial charge in [0.25, 0.3) is 5.91 Å². The van der Waals surface area contributed by atoms with E-state index in [1.807, 2.05) is 18.2 Å². The lowest BCUT2D eigenvalue weighted by Gasteiger charge is -2.43. The molecule has 0 unspecified atom stereocenters. The van der Waals surface area contributed by atoms with Crippen LogP contribution in [0, 0.1) is 17.5 Å². The Labute approximate surface area is 249 Å². The second-order valence-electron chi connectivity index (χ2n) is 11.1. The smallest absolute Gasteiger partial charge is 0.324 e. The minimum atomic E-state index is -1.06. The molecule has 0 saturated carbocycles. The SMILES string of the molecule is COc1ccc(F)cc1C1(c2ccccc2)CCN(CCCNC(=O)N2C(=O)CO[C@@H](C)[C@@H]2c2ccc(F)c(F)c2)CC1. The number of benzene rings is 3. The maximum absolute atomic E-state index is 14.4. The minimum Gasteiger partial charge on any atom is -0.496 e. The van der Waals surface area contributed by atoms with Gasteiger partial charge in [-0.25, -0.2) is 18.0 Å². The molecule has 5 rings (SSSR count). The number of imide groups is 1. The summed E-state index contributed by atoms with van der Waals surface area (Å²) >= 11 is 0. The highest BCUT2D eigenvalue weighted by Gasteiger charge is 2.41. The zero-order valence-electron chi connectivity index (χ0n) is 24.3. The van der Waals surface area contributed by atoms with Crippen molar-refractivity contribution in [2.75, 3.05) is 39.9 Å². The fourth-order valence-corrected chi connectivity index (χ4v) is 6.35. The van der Waals surface area contributed by atoms with Crippen molar-refractivity contribution in [3.8, 4) is 5.75 Å². The monoisotopic (exact) mass is 595 g/mol. The van der Waals surface area contributed by atoms with E-state index in [0.717, 1.165) is 54.1 Å². The first-order valence-corrected chi connectivity index (χ1v) is 14.5. The quantitative estimate of drug-likeness (QED) is 0.344. The van der Waals surface area contributed by atoms with E-state index in [-0.39, 0.29) is 18.0 Å². The highest BCUT2D eigenvalue weighted by molar-refractivity contribution is 5.96. The molecule has 3 amide bonds. The Hall–Kier alpha value is -3.89. The molecule has 2 atom stereocenters. The van der Waals surface area contributed by atoms with E-state index in [2.05, 4.69) is 22.3 Å². The number of carbonyl (C=O) groups excluding carboxylic acids is 2.